The van der Waals surface area contributed by atoms with E-state index in [1.165, 1.54) is 20.2 Å². The summed E-state index contributed by atoms with van der Waals surface area (Å²) in [4.78, 5) is 10.4. The molecule has 2 aromatic heterocycles. The number of thiophene rings is 1. The van der Waals surface area contributed by atoms with Crippen molar-refractivity contribution in [3.63, 3.8) is 0 Å². The highest BCUT2D eigenvalue weighted by atomic mass is 32.1. The maximum absolute atomic E-state index is 8.34. The number of furan rings is 1. The van der Waals surface area contributed by atoms with Crippen LogP contribution in [0.1, 0.15) is 29.7 Å². The SMILES string of the molecule is [2H]c1c([2H])c([2H])c(-c2ccc(-c3ccc(-c4ccc5c(c4)oc4ccc(C6N=C(c7ccccc7)NC(c7cccc8c7sc7ccccc78)=N6)cc45)cc3)cc2)c([2H])c1[2H]. The van der Waals surface area contributed by atoms with E-state index in [1.54, 1.807) is 23.5 Å². The molecule has 56 heavy (non-hydrogen) atoms. The summed E-state index contributed by atoms with van der Waals surface area (Å²) in [7, 11) is 0. The molecular formula is C51H33N3OS. The minimum absolute atomic E-state index is 0.196. The van der Waals surface area contributed by atoms with Gasteiger partial charge >= 0.3 is 0 Å². The van der Waals surface area contributed by atoms with Crippen molar-refractivity contribution in [2.24, 2.45) is 9.98 Å². The molecule has 0 spiro atoms. The first-order chi connectivity index (χ1) is 29.8. The van der Waals surface area contributed by atoms with Crippen LogP contribution < -0.4 is 5.32 Å². The lowest BCUT2D eigenvalue weighted by Crippen LogP contribution is -2.36. The topological polar surface area (TPSA) is 49.9 Å². The number of amidine groups is 2. The molecule has 0 amide bonds. The predicted octanol–water partition coefficient (Wildman–Crippen LogP) is 13.5. The first-order valence-electron chi connectivity index (χ1n) is 20.9. The van der Waals surface area contributed by atoms with Gasteiger partial charge in [0, 0.05) is 42.1 Å². The summed E-state index contributed by atoms with van der Waals surface area (Å²) >= 11 is 1.78. The quantitative estimate of drug-likeness (QED) is 0.185. The van der Waals surface area contributed by atoms with Crippen LogP contribution >= 0.6 is 11.3 Å². The highest BCUT2D eigenvalue weighted by Crippen LogP contribution is 2.39. The summed E-state index contributed by atoms with van der Waals surface area (Å²) in [6, 6.07) is 51.9. The van der Waals surface area contributed by atoms with Crippen molar-refractivity contribution in [1.29, 1.82) is 0 Å². The summed E-state index contributed by atoms with van der Waals surface area (Å²) in [6.07, 6.45) is -0.479. The minimum atomic E-state index is -0.479. The molecule has 0 fully saturated rings. The van der Waals surface area contributed by atoms with E-state index in [9.17, 15) is 0 Å². The van der Waals surface area contributed by atoms with Crippen molar-refractivity contribution >= 4 is 65.1 Å². The fourth-order valence-corrected chi connectivity index (χ4v) is 8.84. The second kappa shape index (κ2) is 13.3. The number of hydrogen-bond donors (Lipinski definition) is 1. The molecule has 0 bridgehead atoms. The Balaban J connectivity index is 0.909. The van der Waals surface area contributed by atoms with E-state index in [4.69, 9.17) is 21.3 Å². The first-order valence-corrected chi connectivity index (χ1v) is 19.2. The van der Waals surface area contributed by atoms with Gasteiger partial charge < -0.3 is 9.73 Å². The van der Waals surface area contributed by atoms with Gasteiger partial charge in [-0.15, -0.1) is 11.3 Å². The van der Waals surface area contributed by atoms with Crippen LogP contribution in [0.3, 0.4) is 0 Å². The molecule has 11 rings (SSSR count). The number of aliphatic imine (C=N–C) groups is 2. The van der Waals surface area contributed by atoms with Gasteiger partial charge in [0.05, 0.1) is 6.85 Å². The Labute approximate surface area is 334 Å². The Morgan fingerprint density at radius 1 is 0.482 bits per heavy atom. The first kappa shape index (κ1) is 27.5. The molecule has 5 heteroatoms. The molecule has 0 saturated carbocycles. The molecule has 1 aliphatic rings. The number of nitrogens with zero attached hydrogens (tertiary/aromatic N) is 2. The fraction of sp³-hybridized carbons (Fsp3) is 0.0196. The normalized spacial score (nSPS) is 15.5. The number of hydrogen-bond acceptors (Lipinski definition) is 5. The Kier molecular flexibility index (Phi) is 6.55. The van der Waals surface area contributed by atoms with Gasteiger partial charge in [0.1, 0.15) is 22.8 Å². The number of benzene rings is 8. The second-order valence-electron chi connectivity index (χ2n) is 13.8. The molecule has 8 aromatic carbocycles. The molecule has 4 nitrogen and oxygen atoms in total. The monoisotopic (exact) mass is 740 g/mol. The van der Waals surface area contributed by atoms with Gasteiger partial charge in [-0.2, -0.15) is 0 Å². The summed E-state index contributed by atoms with van der Waals surface area (Å²) in [5, 5.41) is 8.06. The van der Waals surface area contributed by atoms with Gasteiger partial charge in [0.15, 0.2) is 6.17 Å². The van der Waals surface area contributed by atoms with E-state index in [1.807, 2.05) is 36.4 Å². The van der Waals surface area contributed by atoms with Gasteiger partial charge in [-0.25, -0.2) is 9.98 Å². The van der Waals surface area contributed by atoms with Crippen molar-refractivity contribution in [3.05, 3.63) is 205 Å². The van der Waals surface area contributed by atoms with E-state index >= 15 is 0 Å². The Bertz CT molecular complexity index is 3420. The van der Waals surface area contributed by atoms with Crippen LogP contribution in [0, 0.1) is 0 Å². The molecule has 0 radical (unpaired) electrons. The van der Waals surface area contributed by atoms with Crippen molar-refractivity contribution in [2.45, 2.75) is 6.17 Å². The molecule has 3 heterocycles. The highest BCUT2D eigenvalue weighted by Gasteiger charge is 2.23. The largest absolute Gasteiger partial charge is 0.456 e. The third-order valence-corrected chi connectivity index (χ3v) is 11.7. The Morgan fingerprint density at radius 2 is 1.14 bits per heavy atom. The number of rotatable bonds is 6. The van der Waals surface area contributed by atoms with Crippen LogP contribution in [0.2, 0.25) is 0 Å². The van der Waals surface area contributed by atoms with Gasteiger partial charge in [-0.3, -0.25) is 0 Å². The molecule has 10 aromatic rings. The zero-order chi connectivity index (χ0) is 41.4. The number of nitrogens with one attached hydrogen (secondary N) is 1. The Morgan fingerprint density at radius 3 is 1.93 bits per heavy atom. The van der Waals surface area contributed by atoms with E-state index < -0.39 is 12.2 Å². The maximum atomic E-state index is 8.34. The number of fused-ring (bicyclic) bond motifs is 6. The summed E-state index contributed by atoms with van der Waals surface area (Å²) in [5.41, 5.74) is 9.36. The predicted molar refractivity (Wildman–Crippen MR) is 235 cm³/mol. The molecule has 264 valence electrons. The lowest BCUT2D eigenvalue weighted by Gasteiger charge is -2.22. The average Bonchev–Trinajstić information content (AvgIpc) is 3.88. The van der Waals surface area contributed by atoms with Gasteiger partial charge in [-0.05, 0) is 75.3 Å². The molecule has 0 saturated heterocycles. The minimum Gasteiger partial charge on any atom is -0.456 e. The van der Waals surface area contributed by atoms with Crippen LogP contribution in [-0.2, 0) is 0 Å². The molecule has 1 unspecified atom stereocenters. The van der Waals surface area contributed by atoms with Gasteiger partial charge in [0.2, 0.25) is 0 Å². The smallest absolute Gasteiger partial charge is 0.169 e. The third kappa shape index (κ3) is 5.69. The second-order valence-corrected chi connectivity index (χ2v) is 14.9. The zero-order valence-electron chi connectivity index (χ0n) is 34.8. The van der Waals surface area contributed by atoms with E-state index in [0.717, 1.165) is 72.6 Å². The van der Waals surface area contributed by atoms with Crippen molar-refractivity contribution in [1.82, 2.24) is 5.32 Å². The van der Waals surface area contributed by atoms with Crippen LogP contribution in [0.25, 0.3) is 75.5 Å². The molecule has 1 N–H and O–H groups in total. The van der Waals surface area contributed by atoms with Crippen LogP contribution in [0.4, 0.5) is 0 Å². The third-order valence-electron chi connectivity index (χ3n) is 10.5. The van der Waals surface area contributed by atoms with Crippen LogP contribution in [0.15, 0.2) is 202 Å². The molecular weight excluding hydrogens is 703 g/mol. The molecule has 1 atom stereocenters. The van der Waals surface area contributed by atoms with Crippen LogP contribution in [0.5, 0.6) is 0 Å². The van der Waals surface area contributed by atoms with E-state index in [-0.39, 0.29) is 29.7 Å². The lowest BCUT2D eigenvalue weighted by molar-refractivity contribution is 0.668. The van der Waals surface area contributed by atoms with E-state index in [0.29, 0.717) is 5.56 Å². The highest BCUT2D eigenvalue weighted by molar-refractivity contribution is 7.26. The lowest BCUT2D eigenvalue weighted by atomic mass is 9.97. The standard InChI is InChI=1S/C51H33N3OS/c1-3-10-32(11-4-1)33-18-20-34(21-19-33)35-22-24-36(25-23-35)38-26-28-40-44-30-39(27-29-45(44)55-46(40)31-38)50-52-49(37-12-5-2-6-13-37)53-51(54-50)43-16-9-15-42-41-14-7-8-17-47(41)56-48(42)43/h1-31,50H,(H,52,53,54)/i1D,3D,4D,10D,11D. The van der Waals surface area contributed by atoms with Gasteiger partial charge in [0.25, 0.3) is 0 Å². The summed E-state index contributed by atoms with van der Waals surface area (Å²) < 4.78 is 49.6. The average molecular weight is 741 g/mol. The summed E-state index contributed by atoms with van der Waals surface area (Å²) in [5.74, 6) is 1.56. The summed E-state index contributed by atoms with van der Waals surface area (Å²) in [6.45, 7) is 0. The maximum Gasteiger partial charge on any atom is 0.169 e. The van der Waals surface area contributed by atoms with Crippen molar-refractivity contribution in [3.8, 4) is 33.4 Å². The van der Waals surface area contributed by atoms with Crippen molar-refractivity contribution in [2.75, 3.05) is 0 Å². The van der Waals surface area contributed by atoms with Gasteiger partial charge in [-0.1, -0.05) is 152 Å². The van der Waals surface area contributed by atoms with Crippen LogP contribution in [-0.4, -0.2) is 11.7 Å². The zero-order valence-corrected chi connectivity index (χ0v) is 30.6. The molecule has 1 aliphatic heterocycles. The van der Waals surface area contributed by atoms with Crippen molar-refractivity contribution < 1.29 is 11.3 Å². The molecule has 0 aliphatic carbocycles. The fourth-order valence-electron chi connectivity index (χ4n) is 7.63. The van der Waals surface area contributed by atoms with E-state index in [2.05, 4.69) is 115 Å². The Hall–Kier alpha value is -7.08.